The van der Waals surface area contributed by atoms with E-state index in [0.717, 1.165) is 0 Å². The van der Waals surface area contributed by atoms with Crippen LogP contribution in [0.15, 0.2) is 0 Å². The fourth-order valence-electron chi connectivity index (χ4n) is 1.24. The maximum absolute atomic E-state index is 12.2. The fraction of sp³-hybridized carbons (Fsp3) is 1.00. The van der Waals surface area contributed by atoms with Gasteiger partial charge in [-0.3, -0.25) is 4.21 Å². The van der Waals surface area contributed by atoms with Crippen molar-refractivity contribution in [2.24, 2.45) is 5.92 Å². The van der Waals surface area contributed by atoms with Crippen LogP contribution in [0.3, 0.4) is 0 Å². The van der Waals surface area contributed by atoms with Crippen molar-refractivity contribution in [1.82, 2.24) is 5.32 Å². The molecule has 6 heteroatoms. The molecule has 3 atom stereocenters. The van der Waals surface area contributed by atoms with Gasteiger partial charge in [-0.1, -0.05) is 6.92 Å². The lowest BCUT2D eigenvalue weighted by atomic mass is 10.2. The number of halogens is 3. The summed E-state index contributed by atoms with van der Waals surface area (Å²) in [7, 11) is -1.35. The Labute approximate surface area is 77.3 Å². The fourth-order valence-corrected chi connectivity index (χ4v) is 2.81. The molecule has 0 amide bonds. The quantitative estimate of drug-likeness (QED) is 0.650. The molecule has 0 radical (unpaired) electrons. The van der Waals surface area contributed by atoms with Gasteiger partial charge in [0.05, 0.1) is 0 Å². The van der Waals surface area contributed by atoms with Gasteiger partial charge >= 0.3 is 6.18 Å². The molecule has 3 unspecified atom stereocenters. The smallest absolute Gasteiger partial charge is 0.305 e. The Balaban J connectivity index is 2.63. The van der Waals surface area contributed by atoms with E-state index in [1.165, 1.54) is 0 Å². The summed E-state index contributed by atoms with van der Waals surface area (Å²) in [5.74, 6) is 0.0983. The van der Waals surface area contributed by atoms with E-state index in [1.807, 2.05) is 0 Å². The summed E-state index contributed by atoms with van der Waals surface area (Å²) in [6.45, 7) is 2.08. The van der Waals surface area contributed by atoms with E-state index < -0.39 is 23.0 Å². The van der Waals surface area contributed by atoms with Gasteiger partial charge in [0.25, 0.3) is 0 Å². The predicted molar refractivity (Wildman–Crippen MR) is 44.9 cm³/mol. The molecule has 1 aliphatic heterocycles. The summed E-state index contributed by atoms with van der Waals surface area (Å²) in [4.78, 5) is 0. The van der Waals surface area contributed by atoms with Crippen molar-refractivity contribution in [1.29, 1.82) is 0 Å². The number of alkyl halides is 3. The van der Waals surface area contributed by atoms with E-state index in [9.17, 15) is 17.4 Å². The van der Waals surface area contributed by atoms with Crippen LogP contribution in [-0.4, -0.2) is 34.5 Å². The van der Waals surface area contributed by atoms with Gasteiger partial charge in [-0.25, -0.2) is 0 Å². The van der Waals surface area contributed by atoms with Gasteiger partial charge in [-0.05, 0) is 12.5 Å². The summed E-state index contributed by atoms with van der Waals surface area (Å²) < 4.78 is 47.8. The van der Waals surface area contributed by atoms with E-state index >= 15 is 0 Å². The molecule has 1 rings (SSSR count). The van der Waals surface area contributed by atoms with Gasteiger partial charge in [0, 0.05) is 22.3 Å². The van der Waals surface area contributed by atoms with Gasteiger partial charge in [-0.15, -0.1) is 0 Å². The number of hydrogen-bond acceptors (Lipinski definition) is 2. The number of nitrogens with one attached hydrogen (secondary N) is 1. The van der Waals surface area contributed by atoms with E-state index in [1.54, 1.807) is 6.92 Å². The maximum Gasteiger partial charge on any atom is 0.404 e. The van der Waals surface area contributed by atoms with Crippen molar-refractivity contribution in [2.75, 3.05) is 18.1 Å². The molecule has 1 aliphatic rings. The second-order valence-electron chi connectivity index (χ2n) is 3.38. The van der Waals surface area contributed by atoms with Crippen LogP contribution >= 0.6 is 0 Å². The van der Waals surface area contributed by atoms with E-state index in [-0.39, 0.29) is 18.2 Å². The molecule has 1 saturated heterocycles. The SMILES string of the molecule is CC1CNC(C(F)(F)F)CS(=O)C1. The molecule has 0 spiro atoms. The van der Waals surface area contributed by atoms with Crippen molar-refractivity contribution >= 4 is 10.8 Å². The average molecular weight is 215 g/mol. The molecular weight excluding hydrogens is 203 g/mol. The second-order valence-corrected chi connectivity index (χ2v) is 4.93. The molecule has 0 aromatic carbocycles. The molecule has 1 heterocycles. The molecule has 0 saturated carbocycles. The first kappa shape index (κ1) is 11.0. The minimum Gasteiger partial charge on any atom is -0.305 e. The summed E-state index contributed by atoms with van der Waals surface area (Å²) in [6.07, 6.45) is -4.28. The van der Waals surface area contributed by atoms with Crippen LogP contribution in [0, 0.1) is 5.92 Å². The highest BCUT2D eigenvalue weighted by Gasteiger charge is 2.41. The summed E-state index contributed by atoms with van der Waals surface area (Å²) in [5, 5.41) is 2.38. The molecule has 0 aromatic rings. The van der Waals surface area contributed by atoms with Crippen LogP contribution in [0.25, 0.3) is 0 Å². The van der Waals surface area contributed by atoms with Crippen molar-refractivity contribution < 1.29 is 17.4 Å². The minimum atomic E-state index is -4.28. The van der Waals surface area contributed by atoms with Crippen molar-refractivity contribution in [3.63, 3.8) is 0 Å². The molecule has 13 heavy (non-hydrogen) atoms. The van der Waals surface area contributed by atoms with Gasteiger partial charge in [-0.2, -0.15) is 13.2 Å². The average Bonchev–Trinajstić information content (AvgIpc) is 2.09. The lowest BCUT2D eigenvalue weighted by Gasteiger charge is -2.18. The summed E-state index contributed by atoms with van der Waals surface area (Å²) in [6, 6.07) is -1.60. The molecule has 0 aliphatic carbocycles. The molecule has 2 nitrogen and oxygen atoms in total. The van der Waals surface area contributed by atoms with Gasteiger partial charge in [0.15, 0.2) is 0 Å². The zero-order valence-corrected chi connectivity index (χ0v) is 8.04. The summed E-state index contributed by atoms with van der Waals surface area (Å²) in [5.41, 5.74) is 0. The largest absolute Gasteiger partial charge is 0.404 e. The molecule has 1 fully saturated rings. The minimum absolute atomic E-state index is 0.0492. The Bertz CT molecular complexity index is 206. The molecule has 0 aromatic heterocycles. The third-order valence-corrected chi connectivity index (χ3v) is 3.58. The first-order valence-electron chi connectivity index (χ1n) is 4.04. The number of hydrogen-bond donors (Lipinski definition) is 1. The van der Waals surface area contributed by atoms with Crippen molar-refractivity contribution in [3.05, 3.63) is 0 Å². The van der Waals surface area contributed by atoms with Crippen LogP contribution < -0.4 is 5.32 Å². The lowest BCUT2D eigenvalue weighted by molar-refractivity contribution is -0.150. The monoisotopic (exact) mass is 215 g/mol. The van der Waals surface area contributed by atoms with E-state index in [2.05, 4.69) is 5.32 Å². The first-order chi connectivity index (χ1) is 5.89. The lowest BCUT2D eigenvalue weighted by Crippen LogP contribution is -2.45. The molecule has 1 N–H and O–H groups in total. The predicted octanol–water partition coefficient (Wildman–Crippen LogP) is 0.905. The van der Waals surface area contributed by atoms with Gasteiger partial charge < -0.3 is 5.32 Å². The normalized spacial score (nSPS) is 37.1. The second kappa shape index (κ2) is 3.96. The van der Waals surface area contributed by atoms with Crippen LogP contribution in [-0.2, 0) is 10.8 Å². The Hall–Kier alpha value is -0.100. The molecule has 0 bridgehead atoms. The topological polar surface area (TPSA) is 29.1 Å². The Morgan fingerprint density at radius 1 is 1.38 bits per heavy atom. The highest BCUT2D eigenvalue weighted by molar-refractivity contribution is 7.85. The highest BCUT2D eigenvalue weighted by Crippen LogP contribution is 2.22. The first-order valence-corrected chi connectivity index (χ1v) is 5.53. The van der Waals surface area contributed by atoms with Crippen molar-refractivity contribution in [3.8, 4) is 0 Å². The third-order valence-electron chi connectivity index (χ3n) is 1.93. The zero-order chi connectivity index (χ0) is 10.1. The van der Waals surface area contributed by atoms with Crippen LogP contribution in [0.5, 0.6) is 0 Å². The third kappa shape index (κ3) is 3.27. The van der Waals surface area contributed by atoms with Crippen molar-refractivity contribution in [2.45, 2.75) is 19.1 Å². The van der Waals surface area contributed by atoms with Crippen LogP contribution in [0.1, 0.15) is 6.92 Å². The maximum atomic E-state index is 12.2. The Morgan fingerprint density at radius 2 is 2.00 bits per heavy atom. The zero-order valence-electron chi connectivity index (χ0n) is 7.23. The highest BCUT2D eigenvalue weighted by atomic mass is 32.2. The molecule has 78 valence electrons. The van der Waals surface area contributed by atoms with Gasteiger partial charge in [0.2, 0.25) is 0 Å². The molecular formula is C7H12F3NOS. The Morgan fingerprint density at radius 3 is 2.54 bits per heavy atom. The van der Waals surface area contributed by atoms with E-state index in [4.69, 9.17) is 0 Å². The number of rotatable bonds is 0. The van der Waals surface area contributed by atoms with E-state index in [0.29, 0.717) is 5.75 Å². The standard InChI is InChI=1S/C7H12F3NOS/c1-5-2-11-6(7(8,9)10)4-13(12)3-5/h5-6,11H,2-4H2,1H3. The Kier molecular flexibility index (Phi) is 3.34. The van der Waals surface area contributed by atoms with Gasteiger partial charge in [0.1, 0.15) is 6.04 Å². The van der Waals surface area contributed by atoms with Crippen LogP contribution in [0.2, 0.25) is 0 Å². The van der Waals surface area contributed by atoms with Crippen LogP contribution in [0.4, 0.5) is 13.2 Å². The summed E-state index contributed by atoms with van der Waals surface area (Å²) >= 11 is 0.